The number of nitrogens with one attached hydrogen (secondary N) is 1. The highest BCUT2D eigenvalue weighted by atomic mass is 14.9. The first-order valence-corrected chi connectivity index (χ1v) is 2.37. The standard InChI is InChI=1S/C5H8N2/c1-2-6-4-5-7-3-1/h1-2,5-6H,3-4H2. The highest BCUT2D eigenvalue weighted by Gasteiger charge is 1.77. The predicted molar refractivity (Wildman–Crippen MR) is 30.5 cm³/mol. The van der Waals surface area contributed by atoms with E-state index < -0.39 is 0 Å². The first kappa shape index (κ1) is 4.37. The SMILES string of the molecule is C1=CNCC=NC1. The largest absolute Gasteiger partial charge is 0.386 e. The van der Waals surface area contributed by atoms with E-state index in [1.54, 1.807) is 0 Å². The van der Waals surface area contributed by atoms with Crippen LogP contribution in [0.1, 0.15) is 0 Å². The molecule has 0 aromatic rings. The zero-order valence-electron chi connectivity index (χ0n) is 4.09. The Balaban J connectivity index is 2.38. The van der Waals surface area contributed by atoms with Crippen LogP contribution in [0, 0.1) is 0 Å². The maximum Gasteiger partial charge on any atom is 0.0583 e. The smallest absolute Gasteiger partial charge is 0.0583 e. The van der Waals surface area contributed by atoms with Gasteiger partial charge in [0.2, 0.25) is 0 Å². The van der Waals surface area contributed by atoms with Crippen LogP contribution in [0.15, 0.2) is 17.3 Å². The van der Waals surface area contributed by atoms with Crippen molar-refractivity contribution < 1.29 is 0 Å². The summed E-state index contributed by atoms with van der Waals surface area (Å²) >= 11 is 0. The Morgan fingerprint density at radius 2 is 2.57 bits per heavy atom. The van der Waals surface area contributed by atoms with E-state index in [0.29, 0.717) is 0 Å². The lowest BCUT2D eigenvalue weighted by atomic mass is 10.6. The molecule has 0 atom stereocenters. The van der Waals surface area contributed by atoms with Gasteiger partial charge in [0.25, 0.3) is 0 Å². The van der Waals surface area contributed by atoms with E-state index in [0.717, 1.165) is 13.1 Å². The Bertz CT molecular complexity index is 82.3. The van der Waals surface area contributed by atoms with E-state index in [-0.39, 0.29) is 0 Å². The zero-order chi connectivity index (χ0) is 4.95. The van der Waals surface area contributed by atoms with Gasteiger partial charge in [-0.2, -0.15) is 0 Å². The summed E-state index contributed by atoms with van der Waals surface area (Å²) in [5, 5.41) is 3.02. The lowest BCUT2D eigenvalue weighted by molar-refractivity contribution is 1.04. The lowest BCUT2D eigenvalue weighted by Crippen LogP contribution is -2.05. The maximum atomic E-state index is 4.00. The van der Waals surface area contributed by atoms with Crippen LogP contribution in [0.5, 0.6) is 0 Å². The molecule has 7 heavy (non-hydrogen) atoms. The van der Waals surface area contributed by atoms with Crippen LogP contribution >= 0.6 is 0 Å². The molecule has 2 heteroatoms. The Labute approximate surface area is 42.9 Å². The van der Waals surface area contributed by atoms with Gasteiger partial charge >= 0.3 is 0 Å². The molecule has 0 aromatic carbocycles. The van der Waals surface area contributed by atoms with Crippen LogP contribution in [0.3, 0.4) is 0 Å². The Morgan fingerprint density at radius 1 is 1.57 bits per heavy atom. The van der Waals surface area contributed by atoms with E-state index in [9.17, 15) is 0 Å². The minimum atomic E-state index is 0.826. The van der Waals surface area contributed by atoms with Crippen molar-refractivity contribution in [3.8, 4) is 0 Å². The number of nitrogens with zero attached hydrogens (tertiary/aromatic N) is 1. The van der Waals surface area contributed by atoms with E-state index in [1.807, 2.05) is 18.5 Å². The third-order valence-electron chi connectivity index (χ3n) is 0.785. The second kappa shape index (κ2) is 2.39. The normalized spacial score (nSPS) is 18.3. The molecule has 0 fully saturated rings. The zero-order valence-corrected chi connectivity index (χ0v) is 4.09. The second-order valence-electron chi connectivity index (χ2n) is 1.36. The van der Waals surface area contributed by atoms with Crippen molar-refractivity contribution in [3.05, 3.63) is 12.3 Å². The Morgan fingerprint density at radius 3 is 3.57 bits per heavy atom. The molecule has 1 heterocycles. The third kappa shape index (κ3) is 1.39. The van der Waals surface area contributed by atoms with Crippen LogP contribution in [-0.4, -0.2) is 19.3 Å². The van der Waals surface area contributed by atoms with Crippen LogP contribution < -0.4 is 5.32 Å². The third-order valence-corrected chi connectivity index (χ3v) is 0.785. The summed E-state index contributed by atoms with van der Waals surface area (Å²) in [5.74, 6) is 0. The molecule has 1 aliphatic rings. The molecule has 38 valence electrons. The summed E-state index contributed by atoms with van der Waals surface area (Å²) in [4.78, 5) is 4.00. The van der Waals surface area contributed by atoms with Gasteiger partial charge < -0.3 is 5.32 Å². The number of rotatable bonds is 0. The van der Waals surface area contributed by atoms with Crippen molar-refractivity contribution in [1.82, 2.24) is 5.32 Å². The molecule has 1 N–H and O–H groups in total. The van der Waals surface area contributed by atoms with E-state index in [2.05, 4.69) is 10.3 Å². The number of hydrogen-bond donors (Lipinski definition) is 1. The number of aliphatic imine (C=N–C) groups is 1. The molecule has 0 unspecified atom stereocenters. The molecule has 0 spiro atoms. The van der Waals surface area contributed by atoms with Crippen molar-refractivity contribution in [3.63, 3.8) is 0 Å². The minimum absolute atomic E-state index is 0.826. The van der Waals surface area contributed by atoms with Gasteiger partial charge in [-0.1, -0.05) is 0 Å². The van der Waals surface area contributed by atoms with Crippen molar-refractivity contribution in [1.29, 1.82) is 0 Å². The quantitative estimate of drug-likeness (QED) is 0.457. The summed E-state index contributed by atoms with van der Waals surface area (Å²) in [6, 6.07) is 0. The van der Waals surface area contributed by atoms with E-state index >= 15 is 0 Å². The van der Waals surface area contributed by atoms with Gasteiger partial charge in [0.1, 0.15) is 0 Å². The number of hydrogen-bond acceptors (Lipinski definition) is 2. The molecule has 0 saturated carbocycles. The van der Waals surface area contributed by atoms with Gasteiger partial charge in [-0.15, -0.1) is 0 Å². The summed E-state index contributed by atoms with van der Waals surface area (Å²) in [6.07, 6.45) is 5.79. The summed E-state index contributed by atoms with van der Waals surface area (Å²) in [6.45, 7) is 1.70. The summed E-state index contributed by atoms with van der Waals surface area (Å²) in [7, 11) is 0. The van der Waals surface area contributed by atoms with Gasteiger partial charge in [-0.3, -0.25) is 4.99 Å². The monoisotopic (exact) mass is 96.1 g/mol. The molecule has 0 radical (unpaired) electrons. The molecule has 1 aliphatic heterocycles. The first-order chi connectivity index (χ1) is 3.50. The molecule has 2 nitrogen and oxygen atoms in total. The van der Waals surface area contributed by atoms with Gasteiger partial charge in [0.15, 0.2) is 0 Å². The molecule has 0 bridgehead atoms. The Hall–Kier alpha value is -0.790. The molecule has 0 saturated heterocycles. The minimum Gasteiger partial charge on any atom is -0.386 e. The molecular formula is C5H8N2. The van der Waals surface area contributed by atoms with Gasteiger partial charge in [-0.25, -0.2) is 0 Å². The fourth-order valence-electron chi connectivity index (χ4n) is 0.457. The van der Waals surface area contributed by atoms with E-state index in [1.165, 1.54) is 0 Å². The predicted octanol–water partition coefficient (Wildman–Crippen LogP) is 0.174. The average Bonchev–Trinajstić information content (AvgIpc) is 1.90. The van der Waals surface area contributed by atoms with Crippen molar-refractivity contribution >= 4 is 6.21 Å². The lowest BCUT2D eigenvalue weighted by Gasteiger charge is -1.84. The van der Waals surface area contributed by atoms with Crippen molar-refractivity contribution in [2.45, 2.75) is 0 Å². The molecular weight excluding hydrogens is 88.1 g/mol. The Kier molecular flexibility index (Phi) is 1.50. The van der Waals surface area contributed by atoms with Gasteiger partial charge in [-0.05, 0) is 12.3 Å². The summed E-state index contributed by atoms with van der Waals surface area (Å²) < 4.78 is 0. The fraction of sp³-hybridized carbons (Fsp3) is 0.400. The van der Waals surface area contributed by atoms with Gasteiger partial charge in [0, 0.05) is 12.8 Å². The highest BCUT2D eigenvalue weighted by Crippen LogP contribution is 1.74. The first-order valence-electron chi connectivity index (χ1n) is 2.37. The molecule has 0 aromatic heterocycles. The van der Waals surface area contributed by atoms with Crippen LogP contribution in [0.4, 0.5) is 0 Å². The summed E-state index contributed by atoms with van der Waals surface area (Å²) in [5.41, 5.74) is 0. The second-order valence-corrected chi connectivity index (χ2v) is 1.36. The fourth-order valence-corrected chi connectivity index (χ4v) is 0.457. The van der Waals surface area contributed by atoms with Crippen LogP contribution in [0.2, 0.25) is 0 Å². The molecule has 1 rings (SSSR count). The topological polar surface area (TPSA) is 24.4 Å². The van der Waals surface area contributed by atoms with E-state index in [4.69, 9.17) is 0 Å². The molecule has 0 aliphatic carbocycles. The molecule has 0 amide bonds. The maximum absolute atomic E-state index is 4.00. The van der Waals surface area contributed by atoms with Crippen LogP contribution in [-0.2, 0) is 0 Å². The highest BCUT2D eigenvalue weighted by molar-refractivity contribution is 5.60. The van der Waals surface area contributed by atoms with Crippen molar-refractivity contribution in [2.24, 2.45) is 4.99 Å². The van der Waals surface area contributed by atoms with Crippen LogP contribution in [0.25, 0.3) is 0 Å². The van der Waals surface area contributed by atoms with Gasteiger partial charge in [0.05, 0.1) is 6.54 Å². The average molecular weight is 96.1 g/mol. The van der Waals surface area contributed by atoms with Crippen molar-refractivity contribution in [2.75, 3.05) is 13.1 Å².